The van der Waals surface area contributed by atoms with Gasteiger partial charge in [0.1, 0.15) is 5.69 Å². The zero-order chi connectivity index (χ0) is 18.9. The zero-order valence-corrected chi connectivity index (χ0v) is 16.2. The summed E-state index contributed by atoms with van der Waals surface area (Å²) in [5, 5.41) is 4.11. The summed E-state index contributed by atoms with van der Waals surface area (Å²) >= 11 is 0. The fraction of sp³-hybridized carbons (Fsp3) is 0.524. The van der Waals surface area contributed by atoms with E-state index in [1.165, 1.54) is 5.69 Å². The second-order valence-electron chi connectivity index (χ2n) is 7.61. The molecule has 1 aromatic heterocycles. The molecule has 2 aliphatic rings. The van der Waals surface area contributed by atoms with E-state index in [-0.39, 0.29) is 11.5 Å². The minimum Gasteiger partial charge on any atom is -0.373 e. The first-order valence-corrected chi connectivity index (χ1v) is 9.85. The Balaban J connectivity index is 1.39. The number of para-hydroxylation sites is 1. The maximum absolute atomic E-state index is 12.7. The highest BCUT2D eigenvalue weighted by atomic mass is 16.5. The highest BCUT2D eigenvalue weighted by Crippen LogP contribution is 2.39. The molecule has 144 valence electrons. The molecule has 2 aliphatic heterocycles. The maximum Gasteiger partial charge on any atom is 0.272 e. The van der Waals surface area contributed by atoms with Gasteiger partial charge in [-0.25, -0.2) is 0 Å². The molecular formula is C21H28N4O2. The van der Waals surface area contributed by atoms with Gasteiger partial charge in [-0.15, -0.1) is 0 Å². The first kappa shape index (κ1) is 18.0. The van der Waals surface area contributed by atoms with Crippen molar-refractivity contribution in [2.75, 3.05) is 31.1 Å². The Morgan fingerprint density at radius 2 is 2.00 bits per heavy atom. The number of hydrogen-bond donors (Lipinski definition) is 0. The average molecular weight is 368 g/mol. The summed E-state index contributed by atoms with van der Waals surface area (Å²) in [4.78, 5) is 17.1. The van der Waals surface area contributed by atoms with Crippen molar-refractivity contribution in [3.05, 3.63) is 48.3 Å². The Hall–Kier alpha value is -2.34. The summed E-state index contributed by atoms with van der Waals surface area (Å²) < 4.78 is 7.99. The van der Waals surface area contributed by atoms with Crippen molar-refractivity contribution in [1.82, 2.24) is 14.7 Å². The number of likely N-dealkylation sites (tertiary alicyclic amines) is 1. The number of piperidine rings is 1. The van der Waals surface area contributed by atoms with Crippen molar-refractivity contribution >= 4 is 11.6 Å². The summed E-state index contributed by atoms with van der Waals surface area (Å²) in [6.07, 6.45) is 4.51. The lowest BCUT2D eigenvalue weighted by molar-refractivity contribution is -0.0390. The molecule has 1 aromatic carbocycles. The third kappa shape index (κ3) is 3.46. The van der Waals surface area contributed by atoms with E-state index in [4.69, 9.17) is 4.74 Å². The number of carbonyl (C=O) groups is 1. The molecule has 2 fully saturated rings. The van der Waals surface area contributed by atoms with Gasteiger partial charge in [0.25, 0.3) is 5.91 Å². The third-order valence-corrected chi connectivity index (χ3v) is 6.06. The lowest BCUT2D eigenvalue weighted by Crippen LogP contribution is -2.47. The minimum absolute atomic E-state index is 0.0684. The van der Waals surface area contributed by atoms with E-state index in [0.29, 0.717) is 11.7 Å². The monoisotopic (exact) mass is 368 g/mol. The van der Waals surface area contributed by atoms with Crippen LogP contribution in [0.5, 0.6) is 0 Å². The molecule has 1 amide bonds. The largest absolute Gasteiger partial charge is 0.373 e. The Labute approximate surface area is 160 Å². The zero-order valence-electron chi connectivity index (χ0n) is 16.2. The number of ether oxygens (including phenoxy) is 1. The first-order valence-electron chi connectivity index (χ1n) is 9.85. The number of aromatic nitrogens is 2. The number of aryl methyl sites for hydroxylation is 1. The number of hydrogen-bond acceptors (Lipinski definition) is 4. The fourth-order valence-corrected chi connectivity index (χ4v) is 4.50. The van der Waals surface area contributed by atoms with Crippen LogP contribution in [0.4, 0.5) is 5.69 Å². The molecule has 0 radical (unpaired) electrons. The smallest absolute Gasteiger partial charge is 0.272 e. The van der Waals surface area contributed by atoms with Gasteiger partial charge in [-0.05, 0) is 44.4 Å². The van der Waals surface area contributed by atoms with Gasteiger partial charge >= 0.3 is 0 Å². The van der Waals surface area contributed by atoms with Crippen molar-refractivity contribution < 1.29 is 9.53 Å². The van der Waals surface area contributed by atoms with Crippen LogP contribution in [0.2, 0.25) is 0 Å². The molecule has 1 atom stereocenters. The number of carbonyl (C=O) groups excluding carboxylic acids is 1. The van der Waals surface area contributed by atoms with Gasteiger partial charge in [-0.1, -0.05) is 18.2 Å². The number of nitrogens with zero attached hydrogens (tertiary/aromatic N) is 4. The van der Waals surface area contributed by atoms with Crippen molar-refractivity contribution in [2.45, 2.75) is 37.8 Å². The van der Waals surface area contributed by atoms with E-state index in [2.05, 4.69) is 47.3 Å². The molecule has 2 aromatic rings. The minimum atomic E-state index is -0.0872. The Morgan fingerprint density at radius 1 is 1.26 bits per heavy atom. The highest BCUT2D eigenvalue weighted by molar-refractivity contribution is 5.92. The molecule has 4 rings (SSSR count). The molecule has 0 saturated carbocycles. The van der Waals surface area contributed by atoms with Crippen molar-refractivity contribution in [1.29, 1.82) is 0 Å². The number of anilines is 1. The Bertz CT molecular complexity index is 780. The molecule has 3 heterocycles. The van der Waals surface area contributed by atoms with Gasteiger partial charge in [0.15, 0.2) is 0 Å². The van der Waals surface area contributed by atoms with Crippen LogP contribution in [0.25, 0.3) is 0 Å². The van der Waals surface area contributed by atoms with E-state index in [0.717, 1.165) is 45.5 Å². The predicted molar refractivity (Wildman–Crippen MR) is 105 cm³/mol. The van der Waals surface area contributed by atoms with E-state index in [9.17, 15) is 4.79 Å². The van der Waals surface area contributed by atoms with Crippen LogP contribution in [-0.2, 0) is 11.8 Å². The van der Waals surface area contributed by atoms with Crippen LogP contribution in [-0.4, -0.2) is 58.5 Å². The van der Waals surface area contributed by atoms with E-state index < -0.39 is 0 Å². The Morgan fingerprint density at radius 3 is 2.63 bits per heavy atom. The summed E-state index contributed by atoms with van der Waals surface area (Å²) in [6.45, 7) is 5.42. The van der Waals surface area contributed by atoms with Crippen molar-refractivity contribution in [2.24, 2.45) is 7.05 Å². The highest BCUT2D eigenvalue weighted by Gasteiger charge is 2.45. The number of benzene rings is 1. The van der Waals surface area contributed by atoms with Gasteiger partial charge in [0, 0.05) is 38.6 Å². The van der Waals surface area contributed by atoms with Crippen LogP contribution in [0.15, 0.2) is 42.6 Å². The van der Waals surface area contributed by atoms with Crippen LogP contribution < -0.4 is 4.90 Å². The van der Waals surface area contributed by atoms with E-state index in [1.807, 2.05) is 11.9 Å². The SMILES string of the molecule is CCN(c1ccccc1)[C@H]1COC2(CCN(C(=O)c3ccnn3C)CC2)C1. The topological polar surface area (TPSA) is 50.6 Å². The second kappa shape index (κ2) is 7.35. The predicted octanol–water partition coefficient (Wildman–Crippen LogP) is 2.71. The van der Waals surface area contributed by atoms with Gasteiger partial charge in [-0.3, -0.25) is 9.48 Å². The quantitative estimate of drug-likeness (QED) is 0.833. The Kier molecular flexibility index (Phi) is 4.91. The van der Waals surface area contributed by atoms with E-state index in [1.54, 1.807) is 16.9 Å². The van der Waals surface area contributed by atoms with Gasteiger partial charge < -0.3 is 14.5 Å². The first-order chi connectivity index (χ1) is 13.1. The molecule has 0 bridgehead atoms. The van der Waals surface area contributed by atoms with Crippen molar-refractivity contribution in [3.8, 4) is 0 Å². The number of likely N-dealkylation sites (N-methyl/N-ethyl adjacent to an activating group) is 1. The summed E-state index contributed by atoms with van der Waals surface area (Å²) in [5.41, 5.74) is 1.82. The van der Waals surface area contributed by atoms with E-state index >= 15 is 0 Å². The second-order valence-corrected chi connectivity index (χ2v) is 7.61. The van der Waals surface area contributed by atoms with Crippen LogP contribution in [0.1, 0.15) is 36.7 Å². The molecule has 27 heavy (non-hydrogen) atoms. The molecule has 0 N–H and O–H groups in total. The average Bonchev–Trinajstić information content (AvgIpc) is 3.30. The molecule has 6 heteroatoms. The maximum atomic E-state index is 12.7. The van der Waals surface area contributed by atoms with Crippen LogP contribution in [0.3, 0.4) is 0 Å². The fourth-order valence-electron chi connectivity index (χ4n) is 4.50. The number of rotatable bonds is 4. The van der Waals surface area contributed by atoms with Crippen LogP contribution in [0, 0.1) is 0 Å². The number of amides is 1. The standard InChI is InChI=1S/C21H28N4O2/c1-3-25(17-7-5-4-6-8-17)18-15-21(27-16-18)10-13-24(14-11-21)20(26)19-9-12-22-23(19)2/h4-9,12,18H,3,10-11,13-16H2,1-2H3/t18-/m1/s1. The lowest BCUT2D eigenvalue weighted by atomic mass is 9.87. The van der Waals surface area contributed by atoms with Gasteiger partial charge in [-0.2, -0.15) is 5.10 Å². The summed E-state index contributed by atoms with van der Waals surface area (Å²) in [6, 6.07) is 12.8. The van der Waals surface area contributed by atoms with Crippen LogP contribution >= 0.6 is 0 Å². The normalized spacial score (nSPS) is 21.6. The van der Waals surface area contributed by atoms with Gasteiger partial charge in [0.2, 0.25) is 0 Å². The molecule has 6 nitrogen and oxygen atoms in total. The molecular weight excluding hydrogens is 340 g/mol. The summed E-state index contributed by atoms with van der Waals surface area (Å²) in [7, 11) is 1.81. The summed E-state index contributed by atoms with van der Waals surface area (Å²) in [5.74, 6) is 0.0684. The molecule has 2 saturated heterocycles. The molecule has 1 spiro atoms. The van der Waals surface area contributed by atoms with Gasteiger partial charge in [0.05, 0.1) is 18.2 Å². The molecule has 0 aliphatic carbocycles. The third-order valence-electron chi connectivity index (χ3n) is 6.06. The van der Waals surface area contributed by atoms with Crippen molar-refractivity contribution in [3.63, 3.8) is 0 Å². The lowest BCUT2D eigenvalue weighted by Gasteiger charge is -2.39. The molecule has 0 unspecified atom stereocenters.